The van der Waals surface area contributed by atoms with E-state index < -0.39 is 5.54 Å². The van der Waals surface area contributed by atoms with Gasteiger partial charge in [0, 0.05) is 17.5 Å². The van der Waals surface area contributed by atoms with Crippen molar-refractivity contribution in [3.05, 3.63) is 65.7 Å². The molecule has 2 aromatic carbocycles. The number of carbonyl (C=O) groups is 2. The van der Waals surface area contributed by atoms with Crippen LogP contribution in [0.3, 0.4) is 0 Å². The number of amides is 1. The summed E-state index contributed by atoms with van der Waals surface area (Å²) in [5, 5.41) is 0. The summed E-state index contributed by atoms with van der Waals surface area (Å²) in [6.45, 7) is 4.40. The largest absolute Gasteiger partial charge is 0.297 e. The van der Waals surface area contributed by atoms with Gasteiger partial charge in [-0.15, -0.1) is 0 Å². The Bertz CT molecular complexity index is 964. The van der Waals surface area contributed by atoms with Crippen LogP contribution in [-0.2, 0) is 10.3 Å². The molecule has 3 heterocycles. The molecule has 3 aliphatic rings. The van der Waals surface area contributed by atoms with Crippen molar-refractivity contribution in [2.24, 2.45) is 0 Å². The first kappa shape index (κ1) is 21.4. The highest BCUT2D eigenvalue weighted by Crippen LogP contribution is 2.47. The molecular weight excluding hydrogens is 398 g/mol. The summed E-state index contributed by atoms with van der Waals surface area (Å²) >= 11 is 0. The van der Waals surface area contributed by atoms with Gasteiger partial charge in [-0.25, -0.2) is 0 Å². The second kappa shape index (κ2) is 9.16. The van der Waals surface area contributed by atoms with E-state index in [4.69, 9.17) is 0 Å². The maximum absolute atomic E-state index is 14.3. The lowest BCUT2D eigenvalue weighted by molar-refractivity contribution is -0.131. The number of piperidine rings is 2. The summed E-state index contributed by atoms with van der Waals surface area (Å²) in [7, 11) is 0. The van der Waals surface area contributed by atoms with Crippen LogP contribution in [0.25, 0.3) is 0 Å². The van der Waals surface area contributed by atoms with Crippen LogP contribution in [0.1, 0.15) is 60.9 Å². The van der Waals surface area contributed by atoms with Gasteiger partial charge >= 0.3 is 0 Å². The molecule has 3 aliphatic heterocycles. The van der Waals surface area contributed by atoms with Crippen molar-refractivity contribution in [2.45, 2.75) is 50.5 Å². The van der Waals surface area contributed by atoms with Crippen molar-refractivity contribution >= 4 is 17.4 Å². The smallest absolute Gasteiger partial charge is 0.253 e. The van der Waals surface area contributed by atoms with E-state index in [1.165, 1.54) is 25.7 Å². The van der Waals surface area contributed by atoms with E-state index >= 15 is 0 Å². The van der Waals surface area contributed by atoms with Gasteiger partial charge in [0.15, 0.2) is 5.78 Å². The Balaban J connectivity index is 1.55. The number of anilines is 1. The summed E-state index contributed by atoms with van der Waals surface area (Å²) in [4.78, 5) is 34.5. The van der Waals surface area contributed by atoms with Crippen LogP contribution in [0.15, 0.2) is 54.6 Å². The van der Waals surface area contributed by atoms with Crippen LogP contribution < -0.4 is 4.90 Å². The lowest BCUT2D eigenvalue weighted by atomic mass is 9.81. The van der Waals surface area contributed by atoms with Crippen LogP contribution in [-0.4, -0.2) is 54.3 Å². The van der Waals surface area contributed by atoms with Crippen LogP contribution in [0.5, 0.6) is 0 Å². The normalized spacial score (nSPS) is 24.5. The Morgan fingerprint density at radius 2 is 1.41 bits per heavy atom. The molecule has 5 nitrogen and oxygen atoms in total. The molecule has 0 bridgehead atoms. The molecule has 0 radical (unpaired) electrons. The predicted molar refractivity (Wildman–Crippen MR) is 127 cm³/mol. The van der Waals surface area contributed by atoms with Gasteiger partial charge in [0.25, 0.3) is 5.91 Å². The summed E-state index contributed by atoms with van der Waals surface area (Å²) in [6.07, 6.45) is 7.17. The van der Waals surface area contributed by atoms with E-state index in [1.54, 1.807) is 0 Å². The number of benzene rings is 2. The molecule has 0 N–H and O–H groups in total. The molecular formula is C27H33N3O2. The molecule has 0 saturated carbocycles. The van der Waals surface area contributed by atoms with Crippen molar-refractivity contribution in [1.82, 2.24) is 9.80 Å². The Morgan fingerprint density at radius 1 is 0.781 bits per heavy atom. The highest BCUT2D eigenvalue weighted by atomic mass is 16.2. The van der Waals surface area contributed by atoms with E-state index in [0.29, 0.717) is 12.2 Å². The average Bonchev–Trinajstić information content (AvgIpc) is 3.09. The highest BCUT2D eigenvalue weighted by molar-refractivity contribution is 6.11. The van der Waals surface area contributed by atoms with Crippen molar-refractivity contribution in [1.29, 1.82) is 0 Å². The van der Waals surface area contributed by atoms with E-state index in [0.717, 1.165) is 50.3 Å². The summed E-state index contributed by atoms with van der Waals surface area (Å²) in [5.74, 6) is 0.120. The molecule has 168 valence electrons. The van der Waals surface area contributed by atoms with E-state index in [9.17, 15) is 9.59 Å². The lowest BCUT2D eigenvalue weighted by Gasteiger charge is -2.42. The fourth-order valence-electron chi connectivity index (χ4n) is 5.77. The molecule has 0 spiro atoms. The van der Waals surface area contributed by atoms with E-state index in [-0.39, 0.29) is 18.1 Å². The summed E-state index contributed by atoms with van der Waals surface area (Å²) in [5.41, 5.74) is 1.77. The number of para-hydroxylation sites is 1. The molecule has 5 heteroatoms. The molecule has 2 fully saturated rings. The lowest BCUT2D eigenvalue weighted by Crippen LogP contribution is -2.57. The van der Waals surface area contributed by atoms with Crippen LogP contribution in [0.2, 0.25) is 0 Å². The number of fused-ring (bicyclic) bond motifs is 1. The zero-order valence-electron chi connectivity index (χ0n) is 18.8. The third kappa shape index (κ3) is 3.78. The Hall–Kier alpha value is -2.50. The second-order valence-corrected chi connectivity index (χ2v) is 9.44. The zero-order chi connectivity index (χ0) is 22.0. The number of hydrogen-bond acceptors (Lipinski definition) is 4. The fraction of sp³-hybridized carbons (Fsp3) is 0.481. The first-order valence-corrected chi connectivity index (χ1v) is 12.2. The predicted octanol–water partition coefficient (Wildman–Crippen LogP) is 4.43. The molecule has 0 aromatic heterocycles. The van der Waals surface area contributed by atoms with Gasteiger partial charge in [0.2, 0.25) is 0 Å². The molecule has 5 rings (SSSR count). The van der Waals surface area contributed by atoms with E-state index in [2.05, 4.69) is 21.9 Å². The maximum atomic E-state index is 14.3. The highest BCUT2D eigenvalue weighted by Gasteiger charge is 2.55. The van der Waals surface area contributed by atoms with Crippen molar-refractivity contribution in [3.63, 3.8) is 0 Å². The number of rotatable bonds is 6. The van der Waals surface area contributed by atoms with Gasteiger partial charge in [-0.2, -0.15) is 0 Å². The van der Waals surface area contributed by atoms with Gasteiger partial charge in [-0.1, -0.05) is 61.4 Å². The van der Waals surface area contributed by atoms with Crippen molar-refractivity contribution < 1.29 is 9.59 Å². The quantitative estimate of drug-likeness (QED) is 0.635. The van der Waals surface area contributed by atoms with Crippen LogP contribution in [0.4, 0.5) is 5.69 Å². The number of hydrogen-bond donors (Lipinski definition) is 0. The first-order chi connectivity index (χ1) is 15.7. The van der Waals surface area contributed by atoms with Gasteiger partial charge < -0.3 is 0 Å². The molecule has 32 heavy (non-hydrogen) atoms. The Kier molecular flexibility index (Phi) is 6.11. The molecule has 1 amide bonds. The molecule has 2 saturated heterocycles. The molecule has 0 aliphatic carbocycles. The maximum Gasteiger partial charge on any atom is 0.253 e. The fourth-order valence-corrected chi connectivity index (χ4v) is 5.77. The third-order valence-corrected chi connectivity index (χ3v) is 7.44. The minimum Gasteiger partial charge on any atom is -0.297 e. The van der Waals surface area contributed by atoms with Gasteiger partial charge in [-0.3, -0.25) is 24.3 Å². The topological polar surface area (TPSA) is 43.9 Å². The monoisotopic (exact) mass is 431 g/mol. The van der Waals surface area contributed by atoms with Crippen molar-refractivity contribution in [2.75, 3.05) is 37.7 Å². The standard InChI is InChI=1S/C27H33N3O2/c31-25(22-12-4-1-5-13-22)20-27(29-18-10-3-11-19-29)23-14-6-7-15-24(23)30(26(27)32)21-28-16-8-2-9-17-28/h1,4-7,12-15H,2-3,8-11,16-21H2. The van der Waals surface area contributed by atoms with Crippen molar-refractivity contribution in [3.8, 4) is 0 Å². The SMILES string of the molecule is O=C(CC1(N2CCCCC2)C(=O)N(CN2CCCCC2)c2ccccc21)c1ccccc1. The Morgan fingerprint density at radius 3 is 2.12 bits per heavy atom. The van der Waals surface area contributed by atoms with Gasteiger partial charge in [0.05, 0.1) is 12.4 Å². The van der Waals surface area contributed by atoms with Crippen LogP contribution >= 0.6 is 0 Å². The number of nitrogens with zero attached hydrogens (tertiary/aromatic N) is 3. The minimum absolute atomic E-state index is 0.0409. The number of carbonyl (C=O) groups excluding carboxylic acids is 2. The van der Waals surface area contributed by atoms with Crippen LogP contribution in [0, 0.1) is 0 Å². The number of ketones is 1. The number of Topliss-reactive ketones (excluding diaryl/α,β-unsaturated/α-hetero) is 1. The van der Waals surface area contributed by atoms with Gasteiger partial charge in [-0.05, 0) is 57.9 Å². The number of likely N-dealkylation sites (tertiary alicyclic amines) is 2. The molecule has 2 aromatic rings. The minimum atomic E-state index is -0.903. The second-order valence-electron chi connectivity index (χ2n) is 9.44. The zero-order valence-corrected chi connectivity index (χ0v) is 18.8. The molecule has 1 unspecified atom stereocenters. The average molecular weight is 432 g/mol. The summed E-state index contributed by atoms with van der Waals surface area (Å²) < 4.78 is 0. The first-order valence-electron chi connectivity index (χ1n) is 12.2. The van der Waals surface area contributed by atoms with E-state index in [1.807, 2.05) is 47.4 Å². The Labute approximate surface area is 191 Å². The third-order valence-electron chi connectivity index (χ3n) is 7.44. The van der Waals surface area contributed by atoms with Gasteiger partial charge in [0.1, 0.15) is 5.54 Å². The summed E-state index contributed by atoms with van der Waals surface area (Å²) in [6, 6.07) is 17.6. The molecule has 1 atom stereocenters.